The predicted octanol–water partition coefficient (Wildman–Crippen LogP) is 2.31. The van der Waals surface area contributed by atoms with Crippen molar-refractivity contribution in [1.82, 2.24) is 29.5 Å². The van der Waals surface area contributed by atoms with Crippen LogP contribution in [0.1, 0.15) is 30.5 Å². The third kappa shape index (κ3) is 4.68. The Morgan fingerprint density at radius 1 is 1.15 bits per heavy atom. The summed E-state index contributed by atoms with van der Waals surface area (Å²) < 4.78 is 9.15. The normalized spacial score (nSPS) is 17.9. The number of aromatic nitrogens is 6. The van der Waals surface area contributed by atoms with Gasteiger partial charge in [-0.15, -0.1) is 0 Å². The second-order valence-corrected chi connectivity index (χ2v) is 8.22. The van der Waals surface area contributed by atoms with Gasteiger partial charge in [-0.05, 0) is 30.9 Å². The Morgan fingerprint density at radius 3 is 2.73 bits per heavy atom. The third-order valence-electron chi connectivity index (χ3n) is 5.73. The number of benzene rings is 1. The fraction of sp³-hybridized carbons (Fsp3) is 0.292. The molecule has 0 radical (unpaired) electrons. The highest BCUT2D eigenvalue weighted by molar-refractivity contribution is 5.56. The van der Waals surface area contributed by atoms with Crippen LogP contribution in [0.3, 0.4) is 0 Å². The molecule has 5 rings (SSSR count). The fourth-order valence-electron chi connectivity index (χ4n) is 4.00. The summed E-state index contributed by atoms with van der Waals surface area (Å²) in [5.41, 5.74) is 2.88. The molecule has 0 unspecified atom stereocenters. The zero-order chi connectivity index (χ0) is 22.8. The molecule has 1 aromatic carbocycles. The number of ether oxygens (including phenoxy) is 1. The summed E-state index contributed by atoms with van der Waals surface area (Å²) in [6.07, 6.45) is 10.7. The molecule has 1 N–H and O–H groups in total. The van der Waals surface area contributed by atoms with Crippen molar-refractivity contribution in [1.29, 1.82) is 0 Å². The standard InChI is InChI=1S/C24H24N6O3/c1-29-15-18(12-27-29)30-9-8-21(31)20(28-30)11-16-4-2-5-17(10-16)24-25-13-19(14-26-24)33-23-7-3-6-22(23)32/h2,4-5,8-10,12-15,22-23,32H,3,6-7,11H2,1H3/t22-,23-/m0/s1. The summed E-state index contributed by atoms with van der Waals surface area (Å²) in [5, 5.41) is 18.6. The van der Waals surface area contributed by atoms with Gasteiger partial charge in [0.2, 0.25) is 5.43 Å². The van der Waals surface area contributed by atoms with E-state index in [1.165, 1.54) is 6.07 Å². The lowest BCUT2D eigenvalue weighted by molar-refractivity contribution is 0.0599. The van der Waals surface area contributed by atoms with Crippen molar-refractivity contribution in [2.24, 2.45) is 7.05 Å². The SMILES string of the molecule is Cn1cc(-n2ccc(=O)c(Cc3cccc(-c4ncc(O[C@H]5CCC[C@@H]5O)cn4)c3)n2)cn1. The first-order chi connectivity index (χ1) is 16.0. The van der Waals surface area contributed by atoms with Crippen LogP contribution in [-0.4, -0.2) is 46.8 Å². The quantitative estimate of drug-likeness (QED) is 0.486. The van der Waals surface area contributed by atoms with Crippen molar-refractivity contribution in [3.63, 3.8) is 0 Å². The lowest BCUT2D eigenvalue weighted by Crippen LogP contribution is -2.25. The maximum absolute atomic E-state index is 12.4. The third-order valence-corrected chi connectivity index (χ3v) is 5.73. The van der Waals surface area contributed by atoms with Crippen LogP contribution in [0, 0.1) is 0 Å². The summed E-state index contributed by atoms with van der Waals surface area (Å²) >= 11 is 0. The first kappa shape index (κ1) is 21.0. The molecule has 0 saturated heterocycles. The largest absolute Gasteiger partial charge is 0.484 e. The van der Waals surface area contributed by atoms with Crippen molar-refractivity contribution in [2.45, 2.75) is 37.9 Å². The van der Waals surface area contributed by atoms with Crippen LogP contribution in [0.15, 0.2) is 66.1 Å². The average molecular weight is 444 g/mol. The van der Waals surface area contributed by atoms with Crippen LogP contribution in [0.4, 0.5) is 0 Å². The second-order valence-electron chi connectivity index (χ2n) is 8.22. The first-order valence-electron chi connectivity index (χ1n) is 10.9. The van der Waals surface area contributed by atoms with Crippen LogP contribution >= 0.6 is 0 Å². The minimum Gasteiger partial charge on any atom is -0.484 e. The highest BCUT2D eigenvalue weighted by atomic mass is 16.5. The van der Waals surface area contributed by atoms with Crippen LogP contribution in [0.25, 0.3) is 17.1 Å². The lowest BCUT2D eigenvalue weighted by Gasteiger charge is -2.16. The van der Waals surface area contributed by atoms with E-state index in [1.807, 2.05) is 37.5 Å². The molecule has 3 aromatic heterocycles. The minimum atomic E-state index is -0.435. The Morgan fingerprint density at radius 2 is 2.00 bits per heavy atom. The highest BCUT2D eigenvalue weighted by Gasteiger charge is 2.27. The molecule has 9 nitrogen and oxygen atoms in total. The van der Waals surface area contributed by atoms with E-state index in [2.05, 4.69) is 20.2 Å². The molecule has 0 aliphatic heterocycles. The van der Waals surface area contributed by atoms with E-state index in [-0.39, 0.29) is 11.5 Å². The zero-order valence-corrected chi connectivity index (χ0v) is 18.2. The van der Waals surface area contributed by atoms with Gasteiger partial charge >= 0.3 is 0 Å². The molecule has 1 fully saturated rings. The molecule has 3 heterocycles. The number of aryl methyl sites for hydroxylation is 1. The number of hydrogen-bond acceptors (Lipinski definition) is 7. The van der Waals surface area contributed by atoms with Gasteiger partial charge in [-0.25, -0.2) is 14.6 Å². The molecule has 1 aliphatic rings. The molecule has 0 spiro atoms. The number of nitrogens with zero attached hydrogens (tertiary/aromatic N) is 6. The van der Waals surface area contributed by atoms with Crippen molar-refractivity contribution < 1.29 is 9.84 Å². The van der Waals surface area contributed by atoms with Gasteiger partial charge in [0.05, 0.1) is 30.9 Å². The average Bonchev–Trinajstić information content (AvgIpc) is 3.44. The van der Waals surface area contributed by atoms with E-state index >= 15 is 0 Å². The van der Waals surface area contributed by atoms with E-state index in [4.69, 9.17) is 4.74 Å². The number of hydrogen-bond donors (Lipinski definition) is 1. The summed E-state index contributed by atoms with van der Waals surface area (Å²) in [7, 11) is 1.83. The molecule has 168 valence electrons. The van der Waals surface area contributed by atoms with Gasteiger partial charge in [0.1, 0.15) is 17.5 Å². The van der Waals surface area contributed by atoms with Gasteiger partial charge in [-0.1, -0.05) is 18.2 Å². The summed E-state index contributed by atoms with van der Waals surface area (Å²) in [4.78, 5) is 21.3. The Kier molecular flexibility index (Phi) is 5.70. The second kappa shape index (κ2) is 8.95. The maximum Gasteiger partial charge on any atom is 0.203 e. The van der Waals surface area contributed by atoms with Crippen molar-refractivity contribution in [3.05, 3.63) is 82.8 Å². The van der Waals surface area contributed by atoms with Gasteiger partial charge in [0, 0.05) is 31.3 Å². The van der Waals surface area contributed by atoms with Gasteiger partial charge < -0.3 is 9.84 Å². The van der Waals surface area contributed by atoms with E-state index in [0.717, 1.165) is 36.1 Å². The van der Waals surface area contributed by atoms with Crippen LogP contribution in [0.2, 0.25) is 0 Å². The molecular weight excluding hydrogens is 420 g/mol. The van der Waals surface area contributed by atoms with Crippen molar-refractivity contribution in [3.8, 4) is 22.8 Å². The van der Waals surface area contributed by atoms with Crippen molar-refractivity contribution in [2.75, 3.05) is 0 Å². The molecule has 1 aliphatic carbocycles. The summed E-state index contributed by atoms with van der Waals surface area (Å²) in [6, 6.07) is 9.26. The van der Waals surface area contributed by atoms with E-state index in [0.29, 0.717) is 23.7 Å². The van der Waals surface area contributed by atoms with E-state index in [9.17, 15) is 9.90 Å². The Hall–Kier alpha value is -3.85. The lowest BCUT2D eigenvalue weighted by atomic mass is 10.1. The summed E-state index contributed by atoms with van der Waals surface area (Å²) in [6.45, 7) is 0. The predicted molar refractivity (Wildman–Crippen MR) is 121 cm³/mol. The van der Waals surface area contributed by atoms with Crippen LogP contribution in [-0.2, 0) is 13.5 Å². The number of aliphatic hydroxyl groups excluding tert-OH is 1. The van der Waals surface area contributed by atoms with Gasteiger partial charge in [0.15, 0.2) is 11.6 Å². The monoisotopic (exact) mass is 444 g/mol. The molecule has 9 heteroatoms. The topological polar surface area (TPSA) is 108 Å². The van der Waals surface area contributed by atoms with Gasteiger partial charge in [-0.3, -0.25) is 9.48 Å². The first-order valence-corrected chi connectivity index (χ1v) is 10.9. The Labute approximate surface area is 190 Å². The fourth-order valence-corrected chi connectivity index (χ4v) is 4.00. The maximum atomic E-state index is 12.4. The van der Waals surface area contributed by atoms with Crippen LogP contribution < -0.4 is 10.2 Å². The molecule has 2 atom stereocenters. The van der Waals surface area contributed by atoms with Crippen LogP contribution in [0.5, 0.6) is 5.75 Å². The number of rotatable bonds is 6. The van der Waals surface area contributed by atoms with E-state index < -0.39 is 6.10 Å². The van der Waals surface area contributed by atoms with Gasteiger partial charge in [-0.2, -0.15) is 10.2 Å². The molecule has 33 heavy (non-hydrogen) atoms. The minimum absolute atomic E-state index is 0.118. The number of aliphatic hydroxyl groups is 1. The smallest absolute Gasteiger partial charge is 0.203 e. The molecule has 4 aromatic rings. The van der Waals surface area contributed by atoms with Gasteiger partial charge in [0.25, 0.3) is 0 Å². The summed E-state index contributed by atoms with van der Waals surface area (Å²) in [5.74, 6) is 1.11. The zero-order valence-electron chi connectivity index (χ0n) is 18.2. The molecule has 0 amide bonds. The molecule has 1 saturated carbocycles. The molecular formula is C24H24N6O3. The Balaban J connectivity index is 1.34. The Bertz CT molecular complexity index is 1310. The van der Waals surface area contributed by atoms with E-state index in [1.54, 1.807) is 34.2 Å². The highest BCUT2D eigenvalue weighted by Crippen LogP contribution is 2.25. The van der Waals surface area contributed by atoms with Crippen molar-refractivity contribution >= 4 is 0 Å². The molecule has 0 bridgehead atoms.